The van der Waals surface area contributed by atoms with Crippen molar-refractivity contribution >= 4 is 5.95 Å². The van der Waals surface area contributed by atoms with Gasteiger partial charge in [-0.3, -0.25) is 9.88 Å². The maximum atomic E-state index is 4.40. The van der Waals surface area contributed by atoms with Gasteiger partial charge >= 0.3 is 0 Å². The van der Waals surface area contributed by atoms with Crippen LogP contribution in [0, 0.1) is 0 Å². The molecule has 4 rings (SSSR count). The highest BCUT2D eigenvalue weighted by molar-refractivity contribution is 5.40. The molecule has 0 unspecified atom stereocenters. The molecule has 1 aromatic carbocycles. The fourth-order valence-corrected chi connectivity index (χ4v) is 3.11. The van der Waals surface area contributed by atoms with Gasteiger partial charge in [-0.15, -0.1) is 0 Å². The molecule has 7 nitrogen and oxygen atoms in total. The van der Waals surface area contributed by atoms with E-state index in [1.165, 1.54) is 0 Å². The van der Waals surface area contributed by atoms with Crippen LogP contribution in [-0.2, 0) is 6.42 Å². The van der Waals surface area contributed by atoms with Gasteiger partial charge in [-0.25, -0.2) is 0 Å². The lowest BCUT2D eigenvalue weighted by Gasteiger charge is -2.34. The number of hydrogen-bond donors (Lipinski definition) is 0. The number of para-hydroxylation sites is 1. The van der Waals surface area contributed by atoms with Gasteiger partial charge in [0.25, 0.3) is 0 Å². The Morgan fingerprint density at radius 1 is 0.880 bits per heavy atom. The molecular formula is C18H21N7. The monoisotopic (exact) mass is 335 g/mol. The molecule has 1 aliphatic heterocycles. The van der Waals surface area contributed by atoms with Crippen molar-refractivity contribution in [1.29, 1.82) is 0 Å². The van der Waals surface area contributed by atoms with Gasteiger partial charge in [0.15, 0.2) is 0 Å². The summed E-state index contributed by atoms with van der Waals surface area (Å²) < 4.78 is 1.81. The molecule has 1 saturated heterocycles. The largest absolute Gasteiger partial charge is 0.337 e. The summed E-state index contributed by atoms with van der Waals surface area (Å²) in [7, 11) is 0. The number of piperazine rings is 1. The number of aromatic nitrogens is 5. The minimum atomic E-state index is 0.815. The Morgan fingerprint density at radius 3 is 2.44 bits per heavy atom. The van der Waals surface area contributed by atoms with Crippen molar-refractivity contribution in [3.8, 4) is 5.69 Å². The van der Waals surface area contributed by atoms with E-state index in [0.29, 0.717) is 0 Å². The van der Waals surface area contributed by atoms with E-state index in [1.54, 1.807) is 0 Å². The number of anilines is 1. The molecule has 1 aliphatic rings. The van der Waals surface area contributed by atoms with Crippen molar-refractivity contribution in [2.24, 2.45) is 0 Å². The zero-order chi connectivity index (χ0) is 16.9. The standard InChI is InChI=1S/C18H21N7/c1-2-7-17(8-3-1)25-18(20-21-22-25)24-14-12-23(13-15-24)11-9-16-6-4-5-10-19-16/h1-8,10H,9,11-15H2. The number of pyridine rings is 1. The van der Waals surface area contributed by atoms with Crippen LogP contribution in [0.25, 0.3) is 5.69 Å². The van der Waals surface area contributed by atoms with E-state index in [9.17, 15) is 0 Å². The molecular weight excluding hydrogens is 314 g/mol. The summed E-state index contributed by atoms with van der Waals surface area (Å²) in [4.78, 5) is 9.13. The first-order valence-corrected chi connectivity index (χ1v) is 8.61. The lowest BCUT2D eigenvalue weighted by atomic mass is 10.2. The van der Waals surface area contributed by atoms with Crippen LogP contribution in [0.3, 0.4) is 0 Å². The molecule has 2 aromatic heterocycles. The molecule has 25 heavy (non-hydrogen) atoms. The Hall–Kier alpha value is -2.80. The molecule has 0 radical (unpaired) electrons. The fraction of sp³-hybridized carbons (Fsp3) is 0.333. The normalized spacial score (nSPS) is 15.4. The van der Waals surface area contributed by atoms with Crippen LogP contribution in [0.15, 0.2) is 54.7 Å². The predicted molar refractivity (Wildman–Crippen MR) is 95.7 cm³/mol. The minimum Gasteiger partial charge on any atom is -0.337 e. The molecule has 0 saturated carbocycles. The van der Waals surface area contributed by atoms with Crippen molar-refractivity contribution in [3.63, 3.8) is 0 Å². The van der Waals surface area contributed by atoms with Gasteiger partial charge < -0.3 is 4.90 Å². The molecule has 0 spiro atoms. The fourth-order valence-electron chi connectivity index (χ4n) is 3.11. The first-order chi connectivity index (χ1) is 12.4. The molecule has 128 valence electrons. The lowest BCUT2D eigenvalue weighted by Crippen LogP contribution is -2.47. The van der Waals surface area contributed by atoms with Gasteiger partial charge in [-0.1, -0.05) is 29.4 Å². The Kier molecular flexibility index (Phi) is 4.65. The summed E-state index contributed by atoms with van der Waals surface area (Å²) in [5, 5.41) is 12.3. The summed E-state index contributed by atoms with van der Waals surface area (Å²) >= 11 is 0. The number of hydrogen-bond acceptors (Lipinski definition) is 6. The summed E-state index contributed by atoms with van der Waals surface area (Å²) in [6, 6.07) is 16.1. The van der Waals surface area contributed by atoms with Gasteiger partial charge in [0, 0.05) is 51.0 Å². The highest BCUT2D eigenvalue weighted by atomic mass is 15.6. The summed E-state index contributed by atoms with van der Waals surface area (Å²) in [5.41, 5.74) is 2.14. The number of rotatable bonds is 5. The average Bonchev–Trinajstić information content (AvgIpc) is 3.18. The van der Waals surface area contributed by atoms with Crippen LogP contribution < -0.4 is 4.90 Å². The Morgan fingerprint density at radius 2 is 1.68 bits per heavy atom. The Balaban J connectivity index is 1.36. The zero-order valence-corrected chi connectivity index (χ0v) is 14.1. The number of nitrogens with zero attached hydrogens (tertiary/aromatic N) is 7. The van der Waals surface area contributed by atoms with Gasteiger partial charge in [-0.05, 0) is 34.7 Å². The van der Waals surface area contributed by atoms with E-state index in [2.05, 4.69) is 36.4 Å². The van der Waals surface area contributed by atoms with Crippen molar-refractivity contribution in [2.75, 3.05) is 37.6 Å². The second-order valence-electron chi connectivity index (χ2n) is 6.13. The van der Waals surface area contributed by atoms with E-state index < -0.39 is 0 Å². The SMILES string of the molecule is c1ccc(-n2nnnc2N2CCN(CCc3ccccn3)CC2)cc1. The zero-order valence-electron chi connectivity index (χ0n) is 14.1. The van der Waals surface area contributed by atoms with E-state index in [4.69, 9.17) is 0 Å². The van der Waals surface area contributed by atoms with Crippen molar-refractivity contribution in [1.82, 2.24) is 30.1 Å². The predicted octanol–water partition coefficient (Wildman–Crippen LogP) is 1.42. The van der Waals surface area contributed by atoms with Crippen LogP contribution in [0.2, 0.25) is 0 Å². The summed E-state index contributed by atoms with van der Waals surface area (Å²) in [5.74, 6) is 0.815. The lowest BCUT2D eigenvalue weighted by molar-refractivity contribution is 0.258. The Labute approximate surface area is 146 Å². The second-order valence-corrected chi connectivity index (χ2v) is 6.13. The molecule has 3 heterocycles. The molecule has 7 heteroatoms. The van der Waals surface area contributed by atoms with Crippen molar-refractivity contribution in [3.05, 3.63) is 60.4 Å². The summed E-state index contributed by atoms with van der Waals surface area (Å²) in [6.45, 7) is 4.91. The van der Waals surface area contributed by atoms with E-state index >= 15 is 0 Å². The first kappa shape index (κ1) is 15.7. The first-order valence-electron chi connectivity index (χ1n) is 8.61. The Bertz CT molecular complexity index is 779. The summed E-state index contributed by atoms with van der Waals surface area (Å²) in [6.07, 6.45) is 2.85. The quantitative estimate of drug-likeness (QED) is 0.703. The number of tetrazole rings is 1. The molecule has 0 atom stereocenters. The third kappa shape index (κ3) is 3.66. The van der Waals surface area contributed by atoms with Crippen LogP contribution in [0.1, 0.15) is 5.69 Å². The van der Waals surface area contributed by atoms with Crippen molar-refractivity contribution in [2.45, 2.75) is 6.42 Å². The topological polar surface area (TPSA) is 63.0 Å². The van der Waals surface area contributed by atoms with Gasteiger partial charge in [0.2, 0.25) is 5.95 Å². The van der Waals surface area contributed by atoms with Crippen LogP contribution >= 0.6 is 0 Å². The van der Waals surface area contributed by atoms with Crippen LogP contribution in [0.5, 0.6) is 0 Å². The van der Waals surface area contributed by atoms with E-state index in [0.717, 1.165) is 56.5 Å². The minimum absolute atomic E-state index is 0.815. The van der Waals surface area contributed by atoms with Crippen LogP contribution in [-0.4, -0.2) is 62.8 Å². The third-order valence-electron chi connectivity index (χ3n) is 4.52. The van der Waals surface area contributed by atoms with Crippen LogP contribution in [0.4, 0.5) is 5.95 Å². The molecule has 1 fully saturated rings. The third-order valence-corrected chi connectivity index (χ3v) is 4.52. The molecule has 0 bridgehead atoms. The van der Waals surface area contributed by atoms with Gasteiger partial charge in [0.1, 0.15) is 0 Å². The van der Waals surface area contributed by atoms with E-state index in [-0.39, 0.29) is 0 Å². The molecule has 0 N–H and O–H groups in total. The highest BCUT2D eigenvalue weighted by Gasteiger charge is 2.22. The van der Waals surface area contributed by atoms with Gasteiger partial charge in [-0.2, -0.15) is 4.68 Å². The maximum Gasteiger partial charge on any atom is 0.250 e. The molecule has 0 amide bonds. The van der Waals surface area contributed by atoms with Gasteiger partial charge in [0.05, 0.1) is 5.69 Å². The second kappa shape index (κ2) is 7.40. The average molecular weight is 335 g/mol. The molecule has 0 aliphatic carbocycles. The highest BCUT2D eigenvalue weighted by Crippen LogP contribution is 2.17. The smallest absolute Gasteiger partial charge is 0.250 e. The number of benzene rings is 1. The van der Waals surface area contributed by atoms with E-state index in [1.807, 2.05) is 53.3 Å². The maximum absolute atomic E-state index is 4.40. The molecule has 3 aromatic rings. The van der Waals surface area contributed by atoms with Crippen molar-refractivity contribution < 1.29 is 0 Å².